The van der Waals surface area contributed by atoms with Crippen LogP contribution in [0.2, 0.25) is 0 Å². The Labute approximate surface area is 185 Å². The fraction of sp³-hybridized carbons (Fsp3) is 0.462. The first-order valence-corrected chi connectivity index (χ1v) is 11.5. The molecule has 2 aromatic rings. The molecule has 2 aromatic carbocycles. The summed E-state index contributed by atoms with van der Waals surface area (Å²) in [5.74, 6) is 0.597. The van der Waals surface area contributed by atoms with Crippen LogP contribution in [0.5, 0.6) is 0 Å². The maximum absolute atomic E-state index is 12.7. The van der Waals surface area contributed by atoms with Crippen molar-refractivity contribution in [3.63, 3.8) is 0 Å². The van der Waals surface area contributed by atoms with Crippen molar-refractivity contribution in [2.45, 2.75) is 58.4 Å². The van der Waals surface area contributed by atoms with E-state index in [1.54, 1.807) is 0 Å². The third-order valence-electron chi connectivity index (χ3n) is 6.88. The van der Waals surface area contributed by atoms with Crippen molar-refractivity contribution in [1.29, 1.82) is 0 Å². The number of nitrogens with one attached hydrogen (secondary N) is 3. The Balaban J connectivity index is 1.35. The highest BCUT2D eigenvalue weighted by Gasteiger charge is 2.39. The fourth-order valence-electron chi connectivity index (χ4n) is 5.17. The highest BCUT2D eigenvalue weighted by Crippen LogP contribution is 2.35. The molecule has 2 fully saturated rings. The van der Waals surface area contributed by atoms with Crippen LogP contribution in [0.3, 0.4) is 0 Å². The third-order valence-corrected chi connectivity index (χ3v) is 6.88. The Bertz CT molecular complexity index is 955. The van der Waals surface area contributed by atoms with Gasteiger partial charge in [-0.05, 0) is 74.3 Å². The molecule has 0 aromatic heterocycles. The molecule has 0 radical (unpaired) electrons. The Hall–Kier alpha value is -2.66. The van der Waals surface area contributed by atoms with Crippen LogP contribution in [0.15, 0.2) is 42.5 Å². The van der Waals surface area contributed by atoms with Gasteiger partial charge in [-0.25, -0.2) is 5.43 Å². The van der Waals surface area contributed by atoms with Gasteiger partial charge < -0.3 is 5.32 Å². The molecule has 0 bridgehead atoms. The number of hydrogen-bond acceptors (Lipinski definition) is 3. The zero-order chi connectivity index (χ0) is 21.8. The maximum atomic E-state index is 12.7. The number of hydrazine groups is 1. The SMILES string of the molecule is Cc1ccc(CCNC(=O)c2cccc(CC3NNC(=O)C4CCCCC34)c2)c(C)c1. The molecule has 1 aliphatic heterocycles. The first kappa shape index (κ1) is 21.6. The van der Waals surface area contributed by atoms with Gasteiger partial charge in [0.15, 0.2) is 0 Å². The van der Waals surface area contributed by atoms with E-state index in [1.807, 2.05) is 18.2 Å². The molecule has 2 aliphatic rings. The zero-order valence-electron chi connectivity index (χ0n) is 18.5. The van der Waals surface area contributed by atoms with E-state index in [9.17, 15) is 9.59 Å². The van der Waals surface area contributed by atoms with Gasteiger partial charge in [0.2, 0.25) is 5.91 Å². The molecule has 5 heteroatoms. The molecular weight excluding hydrogens is 386 g/mol. The van der Waals surface area contributed by atoms with Gasteiger partial charge >= 0.3 is 0 Å². The minimum Gasteiger partial charge on any atom is -0.352 e. The third kappa shape index (κ3) is 5.16. The lowest BCUT2D eigenvalue weighted by Crippen LogP contribution is -2.60. The van der Waals surface area contributed by atoms with Gasteiger partial charge in [0.05, 0.1) is 0 Å². The molecule has 2 amide bonds. The molecule has 164 valence electrons. The molecule has 3 atom stereocenters. The summed E-state index contributed by atoms with van der Waals surface area (Å²) in [4.78, 5) is 24.9. The predicted molar refractivity (Wildman–Crippen MR) is 123 cm³/mol. The summed E-state index contributed by atoms with van der Waals surface area (Å²) in [5, 5.41) is 3.06. The zero-order valence-corrected chi connectivity index (χ0v) is 18.5. The summed E-state index contributed by atoms with van der Waals surface area (Å²) < 4.78 is 0. The van der Waals surface area contributed by atoms with Crippen molar-refractivity contribution in [3.05, 3.63) is 70.3 Å². The second-order valence-corrected chi connectivity index (χ2v) is 9.14. The lowest BCUT2D eigenvalue weighted by molar-refractivity contribution is -0.133. The number of carbonyl (C=O) groups excluding carboxylic acids is 2. The van der Waals surface area contributed by atoms with E-state index in [-0.39, 0.29) is 23.8 Å². The van der Waals surface area contributed by atoms with Crippen LogP contribution in [0.25, 0.3) is 0 Å². The molecule has 1 aliphatic carbocycles. The van der Waals surface area contributed by atoms with E-state index in [0.29, 0.717) is 18.0 Å². The monoisotopic (exact) mass is 419 g/mol. The molecule has 5 nitrogen and oxygen atoms in total. The van der Waals surface area contributed by atoms with Crippen LogP contribution >= 0.6 is 0 Å². The minimum absolute atomic E-state index is 0.0351. The summed E-state index contributed by atoms with van der Waals surface area (Å²) in [6.07, 6.45) is 6.04. The molecule has 4 rings (SSSR count). The number of benzene rings is 2. The normalized spacial score (nSPS) is 23.0. The van der Waals surface area contributed by atoms with E-state index in [1.165, 1.54) is 23.1 Å². The number of hydrogen-bond donors (Lipinski definition) is 3. The van der Waals surface area contributed by atoms with Crippen LogP contribution in [-0.2, 0) is 17.6 Å². The van der Waals surface area contributed by atoms with Crippen LogP contribution in [0, 0.1) is 25.7 Å². The Morgan fingerprint density at radius 2 is 1.94 bits per heavy atom. The average molecular weight is 420 g/mol. The molecule has 1 saturated carbocycles. The molecule has 3 N–H and O–H groups in total. The molecule has 31 heavy (non-hydrogen) atoms. The number of carbonyl (C=O) groups is 2. The van der Waals surface area contributed by atoms with Gasteiger partial charge in [-0.1, -0.05) is 48.7 Å². The lowest BCUT2D eigenvalue weighted by Gasteiger charge is -2.41. The second-order valence-electron chi connectivity index (χ2n) is 9.14. The molecular formula is C26H33N3O2. The van der Waals surface area contributed by atoms with Crippen molar-refractivity contribution in [2.24, 2.45) is 11.8 Å². The highest BCUT2D eigenvalue weighted by atomic mass is 16.2. The summed E-state index contributed by atoms with van der Waals surface area (Å²) >= 11 is 0. The van der Waals surface area contributed by atoms with Crippen molar-refractivity contribution in [3.8, 4) is 0 Å². The molecule has 3 unspecified atom stereocenters. The fourth-order valence-corrected chi connectivity index (χ4v) is 5.17. The highest BCUT2D eigenvalue weighted by molar-refractivity contribution is 5.94. The van der Waals surface area contributed by atoms with Gasteiger partial charge in [-0.15, -0.1) is 0 Å². The average Bonchev–Trinajstić information content (AvgIpc) is 2.77. The second kappa shape index (κ2) is 9.65. The summed E-state index contributed by atoms with van der Waals surface area (Å²) in [5.41, 5.74) is 11.7. The number of rotatable bonds is 6. The van der Waals surface area contributed by atoms with Crippen molar-refractivity contribution >= 4 is 11.8 Å². The van der Waals surface area contributed by atoms with Crippen LogP contribution in [0.4, 0.5) is 0 Å². The summed E-state index contributed by atoms with van der Waals surface area (Å²) in [6.45, 7) is 4.83. The number of fused-ring (bicyclic) bond motifs is 1. The van der Waals surface area contributed by atoms with Gasteiger partial charge in [0, 0.05) is 24.1 Å². The number of aryl methyl sites for hydroxylation is 2. The topological polar surface area (TPSA) is 70.2 Å². The standard InChI is InChI=1S/C26H33N3O2/c1-17-10-11-20(18(2)14-17)12-13-27-25(30)21-7-5-6-19(15-21)16-24-22-8-3-4-9-23(22)26(31)29-28-24/h5-7,10-11,14-15,22-24,28H,3-4,8-9,12-13,16H2,1-2H3,(H,27,30)(H,29,31). The Kier molecular flexibility index (Phi) is 6.71. The van der Waals surface area contributed by atoms with Crippen LogP contribution in [-0.4, -0.2) is 24.4 Å². The van der Waals surface area contributed by atoms with Crippen molar-refractivity contribution in [2.75, 3.05) is 6.54 Å². The van der Waals surface area contributed by atoms with E-state index < -0.39 is 0 Å². The summed E-state index contributed by atoms with van der Waals surface area (Å²) in [7, 11) is 0. The molecule has 1 heterocycles. The molecule has 1 saturated heterocycles. The van der Waals surface area contributed by atoms with E-state index in [4.69, 9.17) is 0 Å². The number of amides is 2. The maximum Gasteiger partial charge on any atom is 0.251 e. The Morgan fingerprint density at radius 3 is 2.77 bits per heavy atom. The quantitative estimate of drug-likeness (QED) is 0.670. The molecule has 0 spiro atoms. The van der Waals surface area contributed by atoms with Crippen LogP contribution < -0.4 is 16.2 Å². The first-order chi connectivity index (χ1) is 15.0. The van der Waals surface area contributed by atoms with Crippen LogP contribution in [0.1, 0.15) is 58.3 Å². The van der Waals surface area contributed by atoms with Gasteiger partial charge in [0.25, 0.3) is 5.91 Å². The first-order valence-electron chi connectivity index (χ1n) is 11.5. The van der Waals surface area contributed by atoms with Gasteiger partial charge in [0.1, 0.15) is 0 Å². The summed E-state index contributed by atoms with van der Waals surface area (Å²) in [6, 6.07) is 14.5. The Morgan fingerprint density at radius 1 is 1.10 bits per heavy atom. The minimum atomic E-state index is -0.0351. The lowest BCUT2D eigenvalue weighted by atomic mass is 9.72. The van der Waals surface area contributed by atoms with Gasteiger partial charge in [-0.3, -0.25) is 15.0 Å². The van der Waals surface area contributed by atoms with E-state index >= 15 is 0 Å². The van der Waals surface area contributed by atoms with E-state index in [0.717, 1.165) is 37.7 Å². The smallest absolute Gasteiger partial charge is 0.251 e. The predicted octanol–water partition coefficient (Wildman–Crippen LogP) is 3.63. The van der Waals surface area contributed by atoms with E-state index in [2.05, 4.69) is 54.3 Å². The van der Waals surface area contributed by atoms with Gasteiger partial charge in [-0.2, -0.15) is 0 Å². The van der Waals surface area contributed by atoms with Crippen molar-refractivity contribution in [1.82, 2.24) is 16.2 Å². The van der Waals surface area contributed by atoms with Crippen molar-refractivity contribution < 1.29 is 9.59 Å². The largest absolute Gasteiger partial charge is 0.352 e.